The fourth-order valence-corrected chi connectivity index (χ4v) is 2.69. The number of nitrogen functional groups attached to an aromatic ring is 1. The molecular formula is C16H23N5O2. The summed E-state index contributed by atoms with van der Waals surface area (Å²) in [5, 5.41) is 8.44. The summed E-state index contributed by atoms with van der Waals surface area (Å²) in [6.07, 6.45) is -0.256. The van der Waals surface area contributed by atoms with Crippen LogP contribution < -0.4 is 10.6 Å². The molecule has 1 aliphatic rings. The Morgan fingerprint density at radius 1 is 1.26 bits per heavy atom. The van der Waals surface area contributed by atoms with Crippen molar-refractivity contribution in [1.82, 2.24) is 15.1 Å². The van der Waals surface area contributed by atoms with E-state index < -0.39 is 5.60 Å². The lowest BCUT2D eigenvalue weighted by Gasteiger charge is -2.35. The number of rotatable bonds is 1. The summed E-state index contributed by atoms with van der Waals surface area (Å²) in [6, 6.07) is 5.71. The van der Waals surface area contributed by atoms with Gasteiger partial charge in [-0.1, -0.05) is 0 Å². The summed E-state index contributed by atoms with van der Waals surface area (Å²) in [4.78, 5) is 16.0. The quantitative estimate of drug-likeness (QED) is 0.787. The van der Waals surface area contributed by atoms with Crippen molar-refractivity contribution in [3.63, 3.8) is 0 Å². The van der Waals surface area contributed by atoms with Crippen LogP contribution in [0.25, 0.3) is 10.9 Å². The molecule has 1 fully saturated rings. The molecule has 1 amide bonds. The van der Waals surface area contributed by atoms with Gasteiger partial charge in [0.25, 0.3) is 0 Å². The zero-order chi connectivity index (χ0) is 16.6. The number of piperazine rings is 1. The zero-order valence-corrected chi connectivity index (χ0v) is 13.8. The summed E-state index contributed by atoms with van der Waals surface area (Å²) in [6.45, 7) is 8.30. The third kappa shape index (κ3) is 3.33. The summed E-state index contributed by atoms with van der Waals surface area (Å²) >= 11 is 0. The van der Waals surface area contributed by atoms with Crippen molar-refractivity contribution in [3.8, 4) is 0 Å². The SMILES string of the molecule is CC(C)(C)OC(=O)N1CCN(c2n[nH]c3ccc(N)cc23)CC1. The van der Waals surface area contributed by atoms with Gasteiger partial charge >= 0.3 is 6.09 Å². The average molecular weight is 317 g/mol. The first-order chi connectivity index (χ1) is 10.8. The number of hydrogen-bond acceptors (Lipinski definition) is 5. The molecule has 0 radical (unpaired) electrons. The average Bonchev–Trinajstić information content (AvgIpc) is 2.88. The summed E-state index contributed by atoms with van der Waals surface area (Å²) in [5.74, 6) is 0.885. The van der Waals surface area contributed by atoms with Crippen LogP contribution in [-0.4, -0.2) is 53.0 Å². The number of benzene rings is 1. The third-order valence-electron chi connectivity index (χ3n) is 3.80. The van der Waals surface area contributed by atoms with Gasteiger partial charge in [0.2, 0.25) is 0 Å². The fourth-order valence-electron chi connectivity index (χ4n) is 2.69. The van der Waals surface area contributed by atoms with Crippen molar-refractivity contribution in [2.75, 3.05) is 36.8 Å². The number of fused-ring (bicyclic) bond motifs is 1. The predicted octanol–water partition coefficient (Wildman–Crippen LogP) is 2.20. The van der Waals surface area contributed by atoms with Crippen molar-refractivity contribution in [2.45, 2.75) is 26.4 Å². The molecule has 0 bridgehead atoms. The van der Waals surface area contributed by atoms with Gasteiger partial charge in [0.15, 0.2) is 5.82 Å². The van der Waals surface area contributed by atoms with E-state index in [-0.39, 0.29) is 6.09 Å². The van der Waals surface area contributed by atoms with E-state index in [1.807, 2.05) is 39.0 Å². The molecule has 124 valence electrons. The van der Waals surface area contributed by atoms with E-state index in [2.05, 4.69) is 15.1 Å². The standard InChI is InChI=1S/C16H23N5O2/c1-16(2,3)23-15(22)21-8-6-20(7-9-21)14-12-10-11(17)4-5-13(12)18-19-14/h4-5,10H,6-9,17H2,1-3H3,(H,18,19). The Bertz CT molecular complexity index is 711. The second-order valence-electron chi connectivity index (χ2n) is 6.81. The van der Waals surface area contributed by atoms with Gasteiger partial charge in [-0.2, -0.15) is 5.10 Å². The smallest absolute Gasteiger partial charge is 0.410 e. The van der Waals surface area contributed by atoms with Gasteiger partial charge in [0.05, 0.1) is 5.52 Å². The van der Waals surface area contributed by atoms with Crippen LogP contribution in [0.1, 0.15) is 20.8 Å². The van der Waals surface area contributed by atoms with E-state index in [0.29, 0.717) is 31.9 Å². The molecule has 23 heavy (non-hydrogen) atoms. The molecule has 7 heteroatoms. The van der Waals surface area contributed by atoms with Crippen molar-refractivity contribution in [3.05, 3.63) is 18.2 Å². The minimum absolute atomic E-state index is 0.256. The van der Waals surface area contributed by atoms with E-state index >= 15 is 0 Å². The molecule has 0 aliphatic carbocycles. The van der Waals surface area contributed by atoms with Gasteiger partial charge in [0, 0.05) is 37.3 Å². The van der Waals surface area contributed by atoms with Crippen molar-refractivity contribution in [1.29, 1.82) is 0 Å². The van der Waals surface area contributed by atoms with Crippen LogP contribution in [0.5, 0.6) is 0 Å². The number of nitrogens with two attached hydrogens (primary N) is 1. The number of ether oxygens (including phenoxy) is 1. The number of nitrogens with zero attached hydrogens (tertiary/aromatic N) is 3. The minimum Gasteiger partial charge on any atom is -0.444 e. The van der Waals surface area contributed by atoms with Gasteiger partial charge < -0.3 is 20.3 Å². The number of aromatic amines is 1. The Morgan fingerprint density at radius 3 is 2.61 bits per heavy atom. The number of carbonyl (C=O) groups is 1. The van der Waals surface area contributed by atoms with Crippen molar-refractivity contribution >= 4 is 28.5 Å². The molecule has 0 unspecified atom stereocenters. The lowest BCUT2D eigenvalue weighted by atomic mass is 10.2. The Hall–Kier alpha value is -2.44. The Balaban J connectivity index is 1.69. The van der Waals surface area contributed by atoms with Crippen molar-refractivity contribution in [2.24, 2.45) is 0 Å². The number of hydrogen-bond donors (Lipinski definition) is 2. The van der Waals surface area contributed by atoms with Gasteiger partial charge in [-0.3, -0.25) is 5.10 Å². The number of aromatic nitrogens is 2. The first-order valence-corrected chi connectivity index (χ1v) is 7.80. The van der Waals surface area contributed by atoms with Crippen LogP contribution in [0, 0.1) is 0 Å². The Labute approximate surface area is 135 Å². The number of anilines is 2. The molecule has 0 atom stereocenters. The maximum absolute atomic E-state index is 12.1. The molecule has 0 spiro atoms. The van der Waals surface area contributed by atoms with E-state index in [9.17, 15) is 4.79 Å². The highest BCUT2D eigenvalue weighted by Gasteiger charge is 2.27. The summed E-state index contributed by atoms with van der Waals surface area (Å²) in [5.41, 5.74) is 7.08. The van der Waals surface area contributed by atoms with Crippen LogP contribution >= 0.6 is 0 Å². The van der Waals surface area contributed by atoms with Crippen LogP contribution in [0.4, 0.5) is 16.3 Å². The zero-order valence-electron chi connectivity index (χ0n) is 13.8. The molecular weight excluding hydrogens is 294 g/mol. The normalized spacial score (nSPS) is 16.0. The van der Waals surface area contributed by atoms with Crippen LogP contribution in [0.2, 0.25) is 0 Å². The summed E-state index contributed by atoms with van der Waals surface area (Å²) in [7, 11) is 0. The van der Waals surface area contributed by atoms with E-state index in [1.54, 1.807) is 4.90 Å². The van der Waals surface area contributed by atoms with Gasteiger partial charge in [-0.25, -0.2) is 4.79 Å². The second-order valence-corrected chi connectivity index (χ2v) is 6.81. The summed E-state index contributed by atoms with van der Waals surface area (Å²) < 4.78 is 5.42. The van der Waals surface area contributed by atoms with Crippen LogP contribution in [0.3, 0.4) is 0 Å². The Morgan fingerprint density at radius 2 is 1.96 bits per heavy atom. The number of amides is 1. The fraction of sp³-hybridized carbons (Fsp3) is 0.500. The highest BCUT2D eigenvalue weighted by Crippen LogP contribution is 2.26. The molecule has 3 rings (SSSR count). The molecule has 1 aromatic carbocycles. The molecule has 0 saturated carbocycles. The molecule has 1 aliphatic heterocycles. The predicted molar refractivity (Wildman–Crippen MR) is 90.5 cm³/mol. The lowest BCUT2D eigenvalue weighted by Crippen LogP contribution is -2.50. The number of carbonyl (C=O) groups excluding carboxylic acids is 1. The maximum Gasteiger partial charge on any atom is 0.410 e. The van der Waals surface area contributed by atoms with E-state index in [1.165, 1.54) is 0 Å². The third-order valence-corrected chi connectivity index (χ3v) is 3.80. The topological polar surface area (TPSA) is 87.5 Å². The number of H-pyrrole nitrogens is 1. The second kappa shape index (κ2) is 5.64. The van der Waals surface area contributed by atoms with Gasteiger partial charge in [-0.05, 0) is 39.0 Å². The van der Waals surface area contributed by atoms with Gasteiger partial charge in [-0.15, -0.1) is 0 Å². The molecule has 1 saturated heterocycles. The highest BCUT2D eigenvalue weighted by molar-refractivity contribution is 5.92. The van der Waals surface area contributed by atoms with E-state index in [4.69, 9.17) is 10.5 Å². The first kappa shape index (κ1) is 15.5. The first-order valence-electron chi connectivity index (χ1n) is 7.80. The monoisotopic (exact) mass is 317 g/mol. The minimum atomic E-state index is -0.468. The van der Waals surface area contributed by atoms with Crippen molar-refractivity contribution < 1.29 is 9.53 Å². The largest absolute Gasteiger partial charge is 0.444 e. The molecule has 2 aromatic rings. The lowest BCUT2D eigenvalue weighted by molar-refractivity contribution is 0.0240. The molecule has 7 nitrogen and oxygen atoms in total. The molecule has 3 N–H and O–H groups in total. The van der Waals surface area contributed by atoms with Crippen LogP contribution in [0.15, 0.2) is 18.2 Å². The van der Waals surface area contributed by atoms with E-state index in [0.717, 1.165) is 16.7 Å². The molecule has 1 aromatic heterocycles. The Kier molecular flexibility index (Phi) is 3.79. The van der Waals surface area contributed by atoms with Crippen LogP contribution in [-0.2, 0) is 4.74 Å². The van der Waals surface area contributed by atoms with Gasteiger partial charge in [0.1, 0.15) is 5.60 Å². The highest BCUT2D eigenvalue weighted by atomic mass is 16.6. The number of nitrogens with one attached hydrogen (secondary N) is 1. The maximum atomic E-state index is 12.1. The molecule has 2 heterocycles.